The van der Waals surface area contributed by atoms with Crippen LogP contribution in [0.15, 0.2) is 29.4 Å². The molecule has 0 spiro atoms. The van der Waals surface area contributed by atoms with Crippen LogP contribution in [0.25, 0.3) is 5.65 Å². The molecule has 0 aliphatic heterocycles. The zero-order chi connectivity index (χ0) is 14.2. The Balaban J connectivity index is 2.64. The largest absolute Gasteiger partial charge is 0.395 e. The van der Waals surface area contributed by atoms with E-state index in [2.05, 4.69) is 4.98 Å². The molecule has 2 aromatic heterocycles. The molecule has 2 aromatic rings. The van der Waals surface area contributed by atoms with Gasteiger partial charge in [-0.1, -0.05) is 17.7 Å². The van der Waals surface area contributed by atoms with Crippen LogP contribution in [-0.2, 0) is 10.0 Å². The zero-order valence-corrected chi connectivity index (χ0v) is 12.1. The zero-order valence-electron chi connectivity index (χ0n) is 10.5. The number of hydrogen-bond donors (Lipinski definition) is 1. The predicted molar refractivity (Wildman–Crippen MR) is 71.7 cm³/mol. The van der Waals surface area contributed by atoms with E-state index in [-0.39, 0.29) is 16.8 Å². The first kappa shape index (κ1) is 14.3. The molecule has 1 atom stereocenters. The normalized spacial score (nSPS) is 14.2. The van der Waals surface area contributed by atoms with E-state index >= 15 is 0 Å². The second-order valence-electron chi connectivity index (χ2n) is 4.19. The molecule has 1 unspecified atom stereocenters. The first-order valence-corrected chi connectivity index (χ1v) is 7.43. The highest BCUT2D eigenvalue weighted by molar-refractivity contribution is 7.89. The first-order chi connectivity index (χ1) is 8.89. The molecule has 0 aromatic carbocycles. The fourth-order valence-corrected chi connectivity index (χ4v) is 3.61. The van der Waals surface area contributed by atoms with Crippen molar-refractivity contribution in [3.63, 3.8) is 0 Å². The van der Waals surface area contributed by atoms with Gasteiger partial charge in [-0.05, 0) is 19.1 Å². The number of halogens is 1. The van der Waals surface area contributed by atoms with Gasteiger partial charge in [0.1, 0.15) is 5.65 Å². The Labute approximate surface area is 116 Å². The summed E-state index contributed by atoms with van der Waals surface area (Å²) in [6.45, 7) is 1.33. The van der Waals surface area contributed by atoms with Crippen molar-refractivity contribution in [3.05, 3.63) is 29.5 Å². The summed E-state index contributed by atoms with van der Waals surface area (Å²) < 4.78 is 27.5. The van der Waals surface area contributed by atoms with Gasteiger partial charge in [-0.2, -0.15) is 4.31 Å². The van der Waals surface area contributed by atoms with Crippen molar-refractivity contribution in [1.29, 1.82) is 0 Å². The molecule has 0 bridgehead atoms. The lowest BCUT2D eigenvalue weighted by molar-refractivity contribution is 0.213. The smallest absolute Gasteiger partial charge is 0.262 e. The maximum atomic E-state index is 12.5. The summed E-state index contributed by atoms with van der Waals surface area (Å²) in [5, 5.41) is 8.92. The van der Waals surface area contributed by atoms with E-state index < -0.39 is 16.1 Å². The van der Waals surface area contributed by atoms with Gasteiger partial charge in [0.05, 0.1) is 6.61 Å². The number of rotatable bonds is 4. The summed E-state index contributed by atoms with van der Waals surface area (Å²) in [5.41, 5.74) is 0.455. The van der Waals surface area contributed by atoms with Crippen LogP contribution in [-0.4, -0.2) is 46.9 Å². The number of hydrogen-bond acceptors (Lipinski definition) is 4. The Bertz CT molecular complexity index is 698. The first-order valence-electron chi connectivity index (χ1n) is 5.61. The van der Waals surface area contributed by atoms with Crippen molar-refractivity contribution in [3.8, 4) is 0 Å². The van der Waals surface area contributed by atoms with Crippen molar-refractivity contribution in [1.82, 2.24) is 13.7 Å². The summed E-state index contributed by atoms with van der Waals surface area (Å²) in [7, 11) is -2.42. The molecule has 0 saturated carbocycles. The number of aliphatic hydroxyl groups excluding tert-OH is 1. The SMILES string of the molecule is CC(CO)N(C)S(=O)(=O)c1c(Cl)nc2ccccn12. The Hall–Kier alpha value is -1.15. The lowest BCUT2D eigenvalue weighted by Gasteiger charge is -2.22. The van der Waals surface area contributed by atoms with Gasteiger partial charge in [0.25, 0.3) is 10.0 Å². The fourth-order valence-electron chi connectivity index (χ4n) is 1.66. The molecule has 6 nitrogen and oxygen atoms in total. The minimum absolute atomic E-state index is 0.0804. The maximum Gasteiger partial charge on any atom is 0.262 e. The molecule has 2 rings (SSSR count). The third-order valence-electron chi connectivity index (χ3n) is 2.95. The van der Waals surface area contributed by atoms with Crippen molar-refractivity contribution in [2.75, 3.05) is 13.7 Å². The molecule has 0 fully saturated rings. The third kappa shape index (κ3) is 2.34. The number of fused-ring (bicyclic) bond motifs is 1. The summed E-state index contributed by atoms with van der Waals surface area (Å²) in [6, 6.07) is 4.56. The molecule has 0 aliphatic carbocycles. The van der Waals surface area contributed by atoms with Gasteiger partial charge in [0.15, 0.2) is 10.2 Å². The number of sulfonamides is 1. The molecule has 2 heterocycles. The number of aliphatic hydroxyl groups is 1. The van der Waals surface area contributed by atoms with Crippen LogP contribution in [0.4, 0.5) is 0 Å². The number of nitrogens with zero attached hydrogens (tertiary/aromatic N) is 3. The van der Waals surface area contributed by atoms with Crippen LogP contribution >= 0.6 is 11.6 Å². The van der Waals surface area contributed by atoms with Gasteiger partial charge in [-0.25, -0.2) is 13.4 Å². The van der Waals surface area contributed by atoms with E-state index in [4.69, 9.17) is 16.7 Å². The summed E-state index contributed by atoms with van der Waals surface area (Å²) >= 11 is 5.94. The lowest BCUT2D eigenvalue weighted by Crippen LogP contribution is -2.37. The topological polar surface area (TPSA) is 74.9 Å². The van der Waals surface area contributed by atoms with Crippen LogP contribution in [0.2, 0.25) is 5.15 Å². The van der Waals surface area contributed by atoms with Crippen LogP contribution in [0, 0.1) is 0 Å². The van der Waals surface area contributed by atoms with Gasteiger partial charge < -0.3 is 5.11 Å². The van der Waals surface area contributed by atoms with Crippen LogP contribution in [0.3, 0.4) is 0 Å². The number of aromatic nitrogens is 2. The monoisotopic (exact) mass is 303 g/mol. The van der Waals surface area contributed by atoms with Gasteiger partial charge in [-0.3, -0.25) is 4.40 Å². The Morgan fingerprint density at radius 3 is 2.84 bits per heavy atom. The molecule has 104 valence electrons. The van der Waals surface area contributed by atoms with E-state index in [0.717, 1.165) is 4.31 Å². The predicted octanol–water partition coefficient (Wildman–Crippen LogP) is 0.989. The number of pyridine rings is 1. The quantitative estimate of drug-likeness (QED) is 0.914. The van der Waals surface area contributed by atoms with E-state index in [0.29, 0.717) is 5.65 Å². The molecular weight excluding hydrogens is 290 g/mol. The third-order valence-corrected chi connectivity index (χ3v) is 5.33. The van der Waals surface area contributed by atoms with Crippen molar-refractivity contribution < 1.29 is 13.5 Å². The van der Waals surface area contributed by atoms with E-state index in [9.17, 15) is 8.42 Å². The highest BCUT2D eigenvalue weighted by atomic mass is 35.5. The average Bonchev–Trinajstić information content (AvgIpc) is 2.73. The summed E-state index contributed by atoms with van der Waals surface area (Å²) in [4.78, 5) is 4.01. The minimum atomic E-state index is -3.82. The second-order valence-corrected chi connectivity index (χ2v) is 6.46. The fraction of sp³-hybridized carbons (Fsp3) is 0.364. The highest BCUT2D eigenvalue weighted by Gasteiger charge is 2.31. The summed E-state index contributed by atoms with van der Waals surface area (Å²) in [5.74, 6) is 0. The van der Waals surface area contributed by atoms with E-state index in [1.165, 1.54) is 11.4 Å². The number of likely N-dealkylation sites (N-methyl/N-ethyl adjacent to an activating group) is 1. The number of imidazole rings is 1. The van der Waals surface area contributed by atoms with Crippen LogP contribution in [0.5, 0.6) is 0 Å². The van der Waals surface area contributed by atoms with Gasteiger partial charge in [0.2, 0.25) is 0 Å². The van der Waals surface area contributed by atoms with E-state index in [1.54, 1.807) is 31.3 Å². The Morgan fingerprint density at radius 2 is 2.21 bits per heavy atom. The Morgan fingerprint density at radius 1 is 1.53 bits per heavy atom. The minimum Gasteiger partial charge on any atom is -0.395 e. The van der Waals surface area contributed by atoms with Crippen molar-refractivity contribution in [2.45, 2.75) is 18.0 Å². The molecule has 0 saturated heterocycles. The van der Waals surface area contributed by atoms with Crippen LogP contribution in [0.1, 0.15) is 6.92 Å². The molecule has 1 N–H and O–H groups in total. The standard InChI is InChI=1S/C11H14ClN3O3S/c1-8(7-16)14(2)19(17,18)11-10(12)13-9-5-3-4-6-15(9)11/h3-6,8,16H,7H2,1-2H3. The summed E-state index contributed by atoms with van der Waals surface area (Å²) in [6.07, 6.45) is 1.58. The van der Waals surface area contributed by atoms with E-state index in [1.807, 2.05) is 0 Å². The van der Waals surface area contributed by atoms with Gasteiger partial charge >= 0.3 is 0 Å². The van der Waals surface area contributed by atoms with Crippen molar-refractivity contribution >= 4 is 27.3 Å². The maximum absolute atomic E-state index is 12.5. The molecule has 0 radical (unpaired) electrons. The molecule has 0 amide bonds. The average molecular weight is 304 g/mol. The lowest BCUT2D eigenvalue weighted by atomic mass is 10.4. The molecule has 0 aliphatic rings. The Kier molecular flexibility index (Phi) is 3.82. The molecular formula is C11H14ClN3O3S. The molecule has 8 heteroatoms. The van der Waals surface area contributed by atoms with Crippen LogP contribution < -0.4 is 0 Å². The molecule has 19 heavy (non-hydrogen) atoms. The van der Waals surface area contributed by atoms with Gasteiger partial charge in [-0.15, -0.1) is 0 Å². The van der Waals surface area contributed by atoms with Gasteiger partial charge in [0, 0.05) is 19.3 Å². The highest BCUT2D eigenvalue weighted by Crippen LogP contribution is 2.25. The van der Waals surface area contributed by atoms with Crippen molar-refractivity contribution in [2.24, 2.45) is 0 Å². The second kappa shape index (κ2) is 5.09.